The summed E-state index contributed by atoms with van der Waals surface area (Å²) in [5.41, 5.74) is 7.48. The van der Waals surface area contributed by atoms with Gasteiger partial charge in [-0.1, -0.05) is 29.8 Å². The Morgan fingerprint density at radius 1 is 1.27 bits per heavy atom. The lowest BCUT2D eigenvalue weighted by molar-refractivity contribution is -0.138. The monoisotopic (exact) mass is 308 g/mol. The first-order valence-electron chi connectivity index (χ1n) is 7.39. The van der Waals surface area contributed by atoms with Crippen LogP contribution in [0.5, 0.6) is 0 Å². The molecule has 0 fully saturated rings. The van der Waals surface area contributed by atoms with E-state index in [0.29, 0.717) is 25.8 Å². The number of nitrogens with one attached hydrogen (secondary N) is 1. The summed E-state index contributed by atoms with van der Waals surface area (Å²) in [6.07, 6.45) is 0.902. The molecule has 0 radical (unpaired) electrons. The molecule has 0 aliphatic carbocycles. The molecule has 1 aromatic carbocycles. The van der Waals surface area contributed by atoms with Crippen LogP contribution in [0.15, 0.2) is 24.3 Å². The predicted octanol–water partition coefficient (Wildman–Crippen LogP) is 2.36. The Balaban J connectivity index is 2.20. The van der Waals surface area contributed by atoms with E-state index < -0.39 is 18.1 Å². The molecule has 6 heteroatoms. The van der Waals surface area contributed by atoms with Crippen molar-refractivity contribution in [1.29, 1.82) is 0 Å². The molecule has 122 valence electrons. The quantitative estimate of drug-likeness (QED) is 0.640. The van der Waals surface area contributed by atoms with Gasteiger partial charge in [-0.15, -0.1) is 0 Å². The van der Waals surface area contributed by atoms with Crippen LogP contribution in [0.3, 0.4) is 0 Å². The summed E-state index contributed by atoms with van der Waals surface area (Å²) in [7, 11) is 0. The Morgan fingerprint density at radius 3 is 2.50 bits per heavy atom. The zero-order valence-electron chi connectivity index (χ0n) is 13.0. The number of hydrogen-bond acceptors (Lipinski definition) is 4. The standard InChI is InChI=1S/C16H24N2O4/c1-11-6-8-13(9-7-11)12(2)22-16(21)18-10-4-3-5-14(17)15(19)20/h6-9,12,14H,3-5,10,17H2,1-2H3,(H,18,21)(H,19,20)/t12?,14-/m0/s1. The van der Waals surface area contributed by atoms with Crippen molar-refractivity contribution in [3.05, 3.63) is 35.4 Å². The topological polar surface area (TPSA) is 102 Å². The van der Waals surface area contributed by atoms with E-state index in [0.717, 1.165) is 11.1 Å². The minimum Gasteiger partial charge on any atom is -0.480 e. The highest BCUT2D eigenvalue weighted by Gasteiger charge is 2.12. The maximum atomic E-state index is 11.6. The number of hydrogen-bond donors (Lipinski definition) is 3. The smallest absolute Gasteiger partial charge is 0.407 e. The summed E-state index contributed by atoms with van der Waals surface area (Å²) in [6, 6.07) is 6.96. The number of nitrogens with two attached hydrogens (primary N) is 1. The van der Waals surface area contributed by atoms with Gasteiger partial charge in [-0.05, 0) is 38.7 Å². The van der Waals surface area contributed by atoms with Crippen LogP contribution in [0.25, 0.3) is 0 Å². The fourth-order valence-electron chi connectivity index (χ4n) is 1.91. The number of carbonyl (C=O) groups is 2. The second kappa shape index (κ2) is 9.04. The number of ether oxygens (including phenoxy) is 1. The van der Waals surface area contributed by atoms with Gasteiger partial charge in [0.15, 0.2) is 0 Å². The van der Waals surface area contributed by atoms with Gasteiger partial charge >= 0.3 is 12.1 Å². The Bertz CT molecular complexity index is 487. The number of carboxylic acids is 1. The lowest BCUT2D eigenvalue weighted by Gasteiger charge is -2.14. The maximum absolute atomic E-state index is 11.6. The molecular weight excluding hydrogens is 284 g/mol. The first-order chi connectivity index (χ1) is 10.4. The number of alkyl carbamates (subject to hydrolysis) is 1. The minimum absolute atomic E-state index is 0.318. The second-order valence-electron chi connectivity index (χ2n) is 5.33. The number of carbonyl (C=O) groups excluding carboxylic acids is 1. The molecule has 0 aromatic heterocycles. The SMILES string of the molecule is Cc1ccc(C(C)OC(=O)NCCCC[C@H](N)C(=O)O)cc1. The van der Waals surface area contributed by atoms with E-state index in [2.05, 4.69) is 5.32 Å². The molecule has 1 amide bonds. The summed E-state index contributed by atoms with van der Waals surface area (Å²) in [5.74, 6) is -1.00. The molecule has 0 bridgehead atoms. The first-order valence-corrected chi connectivity index (χ1v) is 7.39. The van der Waals surface area contributed by atoms with Gasteiger partial charge in [-0.2, -0.15) is 0 Å². The summed E-state index contributed by atoms with van der Waals surface area (Å²) in [4.78, 5) is 22.2. The van der Waals surface area contributed by atoms with Crippen molar-refractivity contribution in [2.24, 2.45) is 5.73 Å². The Kier molecular flexibility index (Phi) is 7.39. The Labute approximate surface area is 130 Å². The lowest BCUT2D eigenvalue weighted by Crippen LogP contribution is -2.30. The third-order valence-corrected chi connectivity index (χ3v) is 3.36. The van der Waals surface area contributed by atoms with Crippen molar-refractivity contribution in [1.82, 2.24) is 5.32 Å². The van der Waals surface area contributed by atoms with Crippen molar-refractivity contribution in [2.75, 3.05) is 6.54 Å². The van der Waals surface area contributed by atoms with Crippen LogP contribution >= 0.6 is 0 Å². The van der Waals surface area contributed by atoms with Crippen molar-refractivity contribution < 1.29 is 19.4 Å². The number of carboxylic acid groups (broad SMARTS) is 1. The molecule has 0 aliphatic rings. The number of benzene rings is 1. The Morgan fingerprint density at radius 2 is 1.91 bits per heavy atom. The highest BCUT2D eigenvalue weighted by atomic mass is 16.6. The van der Waals surface area contributed by atoms with E-state index in [4.69, 9.17) is 15.6 Å². The average molecular weight is 308 g/mol. The number of unbranched alkanes of at least 4 members (excludes halogenated alkanes) is 1. The van der Waals surface area contributed by atoms with Gasteiger partial charge in [0.2, 0.25) is 0 Å². The molecular formula is C16H24N2O4. The summed E-state index contributed by atoms with van der Waals surface area (Å²) in [5, 5.41) is 11.3. The minimum atomic E-state index is -1.00. The lowest BCUT2D eigenvalue weighted by atomic mass is 10.1. The molecule has 6 nitrogen and oxygen atoms in total. The van der Waals surface area contributed by atoms with E-state index in [-0.39, 0.29) is 6.10 Å². The zero-order valence-corrected chi connectivity index (χ0v) is 13.0. The maximum Gasteiger partial charge on any atom is 0.407 e. The number of amides is 1. The van der Waals surface area contributed by atoms with Crippen LogP contribution in [0, 0.1) is 6.92 Å². The predicted molar refractivity (Wildman–Crippen MR) is 83.5 cm³/mol. The molecule has 0 saturated heterocycles. The number of aryl methyl sites for hydroxylation is 1. The van der Waals surface area contributed by atoms with Gasteiger partial charge < -0.3 is 20.9 Å². The van der Waals surface area contributed by atoms with Gasteiger partial charge in [-0.25, -0.2) is 4.79 Å². The van der Waals surface area contributed by atoms with Crippen LogP contribution in [-0.4, -0.2) is 29.8 Å². The Hall–Kier alpha value is -2.08. The highest BCUT2D eigenvalue weighted by Crippen LogP contribution is 2.17. The molecule has 0 saturated carbocycles. The van der Waals surface area contributed by atoms with Gasteiger partial charge in [-0.3, -0.25) is 4.79 Å². The van der Waals surface area contributed by atoms with Gasteiger partial charge in [0.05, 0.1) is 0 Å². The van der Waals surface area contributed by atoms with Crippen molar-refractivity contribution in [3.8, 4) is 0 Å². The van der Waals surface area contributed by atoms with E-state index in [1.165, 1.54) is 0 Å². The van der Waals surface area contributed by atoms with Crippen LogP contribution in [0.2, 0.25) is 0 Å². The normalized spacial score (nSPS) is 13.2. The molecule has 22 heavy (non-hydrogen) atoms. The van der Waals surface area contributed by atoms with E-state index >= 15 is 0 Å². The van der Waals surface area contributed by atoms with Crippen molar-refractivity contribution in [3.63, 3.8) is 0 Å². The third-order valence-electron chi connectivity index (χ3n) is 3.36. The van der Waals surface area contributed by atoms with Gasteiger partial charge in [0.1, 0.15) is 12.1 Å². The molecule has 0 aliphatic heterocycles. The first kappa shape index (κ1) is 18.0. The zero-order chi connectivity index (χ0) is 16.5. The third kappa shape index (κ3) is 6.58. The van der Waals surface area contributed by atoms with Crippen LogP contribution < -0.4 is 11.1 Å². The van der Waals surface area contributed by atoms with Crippen LogP contribution in [0.1, 0.15) is 43.4 Å². The fraction of sp³-hybridized carbons (Fsp3) is 0.500. The van der Waals surface area contributed by atoms with E-state index in [1.807, 2.05) is 38.1 Å². The molecule has 4 N–H and O–H groups in total. The van der Waals surface area contributed by atoms with Gasteiger partial charge in [0, 0.05) is 6.54 Å². The van der Waals surface area contributed by atoms with E-state index in [1.54, 1.807) is 0 Å². The highest BCUT2D eigenvalue weighted by molar-refractivity contribution is 5.72. The van der Waals surface area contributed by atoms with Gasteiger partial charge in [0.25, 0.3) is 0 Å². The molecule has 1 aromatic rings. The molecule has 1 unspecified atom stereocenters. The number of aliphatic carboxylic acids is 1. The van der Waals surface area contributed by atoms with Crippen LogP contribution in [-0.2, 0) is 9.53 Å². The largest absolute Gasteiger partial charge is 0.480 e. The van der Waals surface area contributed by atoms with Crippen LogP contribution in [0.4, 0.5) is 4.79 Å². The molecule has 2 atom stereocenters. The average Bonchev–Trinajstić information content (AvgIpc) is 2.47. The number of rotatable bonds is 8. The second-order valence-corrected chi connectivity index (χ2v) is 5.33. The fourth-order valence-corrected chi connectivity index (χ4v) is 1.91. The molecule has 0 spiro atoms. The molecule has 0 heterocycles. The summed E-state index contributed by atoms with van der Waals surface area (Å²) < 4.78 is 5.27. The summed E-state index contributed by atoms with van der Waals surface area (Å²) in [6.45, 7) is 4.25. The molecule has 1 rings (SSSR count). The van der Waals surface area contributed by atoms with E-state index in [9.17, 15) is 9.59 Å². The summed E-state index contributed by atoms with van der Waals surface area (Å²) >= 11 is 0. The van der Waals surface area contributed by atoms with Crippen molar-refractivity contribution in [2.45, 2.75) is 45.3 Å². The van der Waals surface area contributed by atoms with Crippen molar-refractivity contribution >= 4 is 12.1 Å².